The van der Waals surface area contributed by atoms with Crippen molar-refractivity contribution in [3.8, 4) is 0 Å². The summed E-state index contributed by atoms with van der Waals surface area (Å²) in [5, 5.41) is 3.98. The number of anilines is 1. The molecule has 1 spiro atoms. The third-order valence-corrected chi connectivity index (χ3v) is 6.00. The van der Waals surface area contributed by atoms with Gasteiger partial charge < -0.3 is 19.5 Å². The number of benzene rings is 1. The lowest BCUT2D eigenvalue weighted by atomic mass is 9.73. The first kappa shape index (κ1) is 18.3. The average Bonchev–Trinajstić information content (AvgIpc) is 3.15. The van der Waals surface area contributed by atoms with Gasteiger partial charge in [-0.15, -0.1) is 0 Å². The smallest absolute Gasteiger partial charge is 0.323 e. The quantitative estimate of drug-likeness (QED) is 0.482. The number of rotatable bonds is 4. The van der Waals surface area contributed by atoms with E-state index >= 15 is 0 Å². The Morgan fingerprint density at radius 3 is 2.63 bits per heavy atom. The Balaban J connectivity index is 1.85. The van der Waals surface area contributed by atoms with Crippen LogP contribution >= 0.6 is 11.6 Å². The van der Waals surface area contributed by atoms with Crippen molar-refractivity contribution in [3.63, 3.8) is 0 Å². The van der Waals surface area contributed by atoms with Crippen LogP contribution in [0.5, 0.6) is 0 Å². The molecule has 1 aromatic carbocycles. The molecule has 1 N–H and O–H groups in total. The predicted molar refractivity (Wildman–Crippen MR) is 99.5 cm³/mol. The molecular weight excluding hydrogens is 370 g/mol. The van der Waals surface area contributed by atoms with Gasteiger partial charge in [0.25, 0.3) is 0 Å². The van der Waals surface area contributed by atoms with E-state index in [1.54, 1.807) is 13.8 Å². The van der Waals surface area contributed by atoms with Crippen molar-refractivity contribution < 1.29 is 23.8 Å². The molecule has 2 heterocycles. The molecule has 0 bridgehead atoms. The molecule has 0 aromatic heterocycles. The van der Waals surface area contributed by atoms with E-state index in [4.69, 9.17) is 25.8 Å². The van der Waals surface area contributed by atoms with Gasteiger partial charge in [0, 0.05) is 10.7 Å². The van der Waals surface area contributed by atoms with Gasteiger partial charge >= 0.3 is 11.9 Å². The number of esters is 2. The first-order chi connectivity index (χ1) is 13.0. The number of hydrogen-bond donors (Lipinski definition) is 1. The van der Waals surface area contributed by atoms with Crippen LogP contribution in [0.1, 0.15) is 32.3 Å². The van der Waals surface area contributed by atoms with Crippen molar-refractivity contribution in [1.29, 1.82) is 0 Å². The molecule has 0 saturated heterocycles. The van der Waals surface area contributed by atoms with Crippen molar-refractivity contribution in [2.45, 2.75) is 38.3 Å². The van der Waals surface area contributed by atoms with Gasteiger partial charge in [-0.3, -0.25) is 9.59 Å². The summed E-state index contributed by atoms with van der Waals surface area (Å²) in [6.07, 6.45) is 2.13. The Hall–Kier alpha value is -2.05. The molecule has 6 nitrogen and oxygen atoms in total. The van der Waals surface area contributed by atoms with Crippen molar-refractivity contribution in [3.05, 3.63) is 40.4 Å². The monoisotopic (exact) mass is 391 g/mol. The number of carbonyl (C=O) groups is 2. The Kier molecular flexibility index (Phi) is 4.43. The Bertz CT molecular complexity index is 818. The van der Waals surface area contributed by atoms with Gasteiger partial charge in [-0.25, -0.2) is 0 Å². The Morgan fingerprint density at radius 1 is 1.26 bits per heavy atom. The van der Waals surface area contributed by atoms with Crippen LogP contribution in [0.15, 0.2) is 29.8 Å². The maximum Gasteiger partial charge on any atom is 0.323 e. The molecule has 4 rings (SSSR count). The second-order valence-corrected chi connectivity index (χ2v) is 7.56. The molecule has 1 aromatic rings. The minimum atomic E-state index is -1.37. The molecule has 0 radical (unpaired) electrons. The maximum absolute atomic E-state index is 12.9. The Morgan fingerprint density at radius 2 is 1.96 bits per heavy atom. The van der Waals surface area contributed by atoms with E-state index in [-0.39, 0.29) is 32.3 Å². The third-order valence-electron chi connectivity index (χ3n) is 5.77. The molecule has 0 unspecified atom stereocenters. The van der Waals surface area contributed by atoms with Crippen LogP contribution in [0, 0.1) is 5.41 Å². The van der Waals surface area contributed by atoms with Crippen LogP contribution in [0.3, 0.4) is 0 Å². The minimum absolute atomic E-state index is 0.205. The molecule has 3 aliphatic rings. The van der Waals surface area contributed by atoms with E-state index < -0.39 is 22.8 Å². The summed E-state index contributed by atoms with van der Waals surface area (Å²) in [6, 6.07) is 5.61. The average molecular weight is 392 g/mol. The molecule has 2 aliphatic heterocycles. The third kappa shape index (κ3) is 2.50. The van der Waals surface area contributed by atoms with E-state index in [2.05, 4.69) is 5.32 Å². The standard InChI is InChI=1S/C20H22ClNO5/c1-3-25-17(23)19(18(24)26-4-2)10-12-7-8-27-16-20(12,11-19)14-6-5-13(21)9-15(14)22-16/h5-7,9,16,22H,3-4,8,10-11H2,1-2H3/t16-,20-/m0/s1. The lowest BCUT2D eigenvalue weighted by molar-refractivity contribution is -0.172. The first-order valence-corrected chi connectivity index (χ1v) is 9.58. The summed E-state index contributed by atoms with van der Waals surface area (Å²) in [5.74, 6) is -1.07. The van der Waals surface area contributed by atoms with Gasteiger partial charge in [0.2, 0.25) is 0 Å². The predicted octanol–water partition coefficient (Wildman–Crippen LogP) is 3.19. The van der Waals surface area contributed by atoms with Crippen LogP contribution in [0.2, 0.25) is 5.02 Å². The summed E-state index contributed by atoms with van der Waals surface area (Å²) in [5.41, 5.74) is 0.875. The van der Waals surface area contributed by atoms with E-state index in [9.17, 15) is 9.59 Å². The van der Waals surface area contributed by atoms with Gasteiger partial charge in [0.1, 0.15) is 6.23 Å². The van der Waals surface area contributed by atoms with Crippen LogP contribution in [0.25, 0.3) is 0 Å². The molecule has 2 atom stereocenters. The zero-order chi connectivity index (χ0) is 19.2. The molecular formula is C20H22ClNO5. The zero-order valence-electron chi connectivity index (χ0n) is 15.3. The highest BCUT2D eigenvalue weighted by molar-refractivity contribution is 6.30. The molecule has 1 fully saturated rings. The summed E-state index contributed by atoms with van der Waals surface area (Å²) in [7, 11) is 0. The van der Waals surface area contributed by atoms with Crippen LogP contribution < -0.4 is 5.32 Å². The second-order valence-electron chi connectivity index (χ2n) is 7.12. The summed E-state index contributed by atoms with van der Waals surface area (Å²) >= 11 is 6.16. The normalized spacial score (nSPS) is 26.9. The SMILES string of the molecule is CCOC(=O)C1(C(=O)OCC)CC2=CCO[C@@H]3Nc4cc(Cl)ccc4[C@]23C1. The fraction of sp³-hybridized carbons (Fsp3) is 0.500. The maximum atomic E-state index is 12.9. The van der Waals surface area contributed by atoms with Gasteiger partial charge in [-0.05, 0) is 44.4 Å². The number of hydrogen-bond acceptors (Lipinski definition) is 6. The van der Waals surface area contributed by atoms with E-state index in [1.165, 1.54) is 0 Å². The highest BCUT2D eigenvalue weighted by Crippen LogP contribution is 2.62. The lowest BCUT2D eigenvalue weighted by Gasteiger charge is -2.36. The Labute approximate surface area is 162 Å². The van der Waals surface area contributed by atoms with Crippen molar-refractivity contribution in [2.24, 2.45) is 5.41 Å². The van der Waals surface area contributed by atoms with Gasteiger partial charge in [0.05, 0.1) is 25.2 Å². The number of fused-ring (bicyclic) bond motifs is 1. The highest BCUT2D eigenvalue weighted by Gasteiger charge is 2.67. The van der Waals surface area contributed by atoms with Crippen LogP contribution in [-0.4, -0.2) is 38.0 Å². The fourth-order valence-electron chi connectivity index (χ4n) is 4.69. The van der Waals surface area contributed by atoms with Crippen LogP contribution in [-0.2, 0) is 29.2 Å². The molecule has 0 amide bonds. The van der Waals surface area contributed by atoms with Gasteiger partial charge in [0.15, 0.2) is 5.41 Å². The minimum Gasteiger partial charge on any atom is -0.465 e. The lowest BCUT2D eigenvalue weighted by Crippen LogP contribution is -2.46. The van der Waals surface area contributed by atoms with Crippen molar-refractivity contribution in [2.75, 3.05) is 25.1 Å². The summed E-state index contributed by atoms with van der Waals surface area (Å²) in [6.45, 7) is 4.29. The van der Waals surface area contributed by atoms with Crippen molar-refractivity contribution >= 4 is 29.2 Å². The zero-order valence-corrected chi connectivity index (χ0v) is 16.1. The largest absolute Gasteiger partial charge is 0.465 e. The van der Waals surface area contributed by atoms with Gasteiger partial charge in [-0.2, -0.15) is 0 Å². The fourth-order valence-corrected chi connectivity index (χ4v) is 4.86. The molecule has 144 valence electrons. The first-order valence-electron chi connectivity index (χ1n) is 9.20. The number of halogens is 1. The van der Waals surface area contributed by atoms with E-state index in [0.717, 1.165) is 16.8 Å². The molecule has 7 heteroatoms. The summed E-state index contributed by atoms with van der Waals surface area (Å²) in [4.78, 5) is 25.9. The topological polar surface area (TPSA) is 73.9 Å². The molecule has 1 saturated carbocycles. The highest BCUT2D eigenvalue weighted by atomic mass is 35.5. The number of ether oxygens (including phenoxy) is 3. The second kappa shape index (κ2) is 6.53. The molecule has 1 aliphatic carbocycles. The van der Waals surface area contributed by atoms with E-state index in [0.29, 0.717) is 11.6 Å². The van der Waals surface area contributed by atoms with Crippen molar-refractivity contribution in [1.82, 2.24) is 0 Å². The number of carbonyl (C=O) groups excluding carboxylic acids is 2. The van der Waals surface area contributed by atoms with Crippen LogP contribution in [0.4, 0.5) is 5.69 Å². The number of nitrogens with one attached hydrogen (secondary N) is 1. The van der Waals surface area contributed by atoms with E-state index in [1.807, 2.05) is 24.3 Å². The van der Waals surface area contributed by atoms with Gasteiger partial charge in [-0.1, -0.05) is 29.3 Å². The molecule has 27 heavy (non-hydrogen) atoms. The summed E-state index contributed by atoms with van der Waals surface area (Å²) < 4.78 is 16.6.